The fraction of sp³-hybridized carbons (Fsp3) is 0.0263. The van der Waals surface area contributed by atoms with E-state index in [2.05, 4.69) is 192 Å². The number of hydrogen-bond donors (Lipinski definition) is 2. The Hall–Kier alpha value is -9.74. The van der Waals surface area contributed by atoms with E-state index < -0.39 is 17.9 Å². The molecule has 2 N–H and O–H groups in total. The number of hydrogen-bond acceptors (Lipinski definition) is 6. The number of rotatable bonds is 4. The van der Waals surface area contributed by atoms with E-state index in [1.165, 1.54) is 44.5 Å². The van der Waals surface area contributed by atoms with E-state index in [-0.39, 0.29) is 0 Å². The van der Waals surface area contributed by atoms with Crippen molar-refractivity contribution in [3.63, 3.8) is 0 Å². The van der Waals surface area contributed by atoms with Crippen LogP contribution in [-0.2, 0) is 10.8 Å². The summed E-state index contributed by atoms with van der Waals surface area (Å²) in [6, 6.07) is 94.2. The molecule has 0 unspecified atom stereocenters. The number of ether oxygens (including phenoxy) is 2. The maximum Gasteiger partial charge on any atom is 0.488 e. The zero-order valence-electron chi connectivity index (χ0n) is 45.7. The number of halogens is 3. The molecule has 2 spiro atoms. The van der Waals surface area contributed by atoms with E-state index >= 15 is 0 Å². The molecule has 86 heavy (non-hydrogen) atoms. The Morgan fingerprint density at radius 3 is 1.03 bits per heavy atom. The lowest BCUT2D eigenvalue weighted by Crippen LogP contribution is -2.32. The summed E-state index contributed by atoms with van der Waals surface area (Å²) in [5.41, 5.74) is 21.3. The van der Waals surface area contributed by atoms with Gasteiger partial charge in [0.15, 0.2) is 11.5 Å². The molecule has 2 aliphatic carbocycles. The Labute approximate surface area is 516 Å². The number of para-hydroxylation sites is 4. The highest BCUT2D eigenvalue weighted by Gasteiger charge is 2.53. The van der Waals surface area contributed by atoms with E-state index in [0.717, 1.165) is 77.4 Å². The van der Waals surface area contributed by atoms with Crippen LogP contribution in [0.2, 0.25) is 10.0 Å². The second-order valence-electron chi connectivity index (χ2n) is 21.4. The SMILES string of the molecule is Clc1cccc2c1Oc1c(Br)cccc1C21c2ccccc2-c2ccccc21.N#Cc1ccc(-c2ccc(-c3cccc4c3Oc3c(Cl)cccc3C43c4ccccc4-c4ccccc43)cc2)cc1.N#Cc1ccc(-c2ccc(B(O)O)cc2)cc1. The van der Waals surface area contributed by atoms with Crippen LogP contribution >= 0.6 is 39.1 Å². The minimum absolute atomic E-state index is 0.454. The molecule has 10 heteroatoms. The summed E-state index contributed by atoms with van der Waals surface area (Å²) in [7, 11) is -1.44. The first-order valence-corrected chi connectivity index (χ1v) is 29.5. The van der Waals surface area contributed by atoms with Crippen LogP contribution < -0.4 is 14.9 Å². The van der Waals surface area contributed by atoms with Crippen molar-refractivity contribution in [1.29, 1.82) is 10.5 Å². The topological polar surface area (TPSA) is 106 Å². The first-order chi connectivity index (χ1) is 42.1. The smallest absolute Gasteiger partial charge is 0.454 e. The summed E-state index contributed by atoms with van der Waals surface area (Å²) in [5, 5.41) is 37.0. The molecule has 0 fully saturated rings. The van der Waals surface area contributed by atoms with Gasteiger partial charge in [-0.05, 0) is 136 Å². The van der Waals surface area contributed by atoms with E-state index in [1.54, 1.807) is 24.3 Å². The van der Waals surface area contributed by atoms with Crippen LogP contribution in [0.4, 0.5) is 0 Å². The van der Waals surface area contributed by atoms with Gasteiger partial charge in [-0.1, -0.05) is 248 Å². The molecular weight excluding hydrogens is 1170 g/mol. The monoisotopic (exact) mass is 1210 g/mol. The predicted octanol–water partition coefficient (Wildman–Crippen LogP) is 18.5. The highest BCUT2D eigenvalue weighted by molar-refractivity contribution is 9.10. The molecule has 0 atom stereocenters. The summed E-state index contributed by atoms with van der Waals surface area (Å²) in [4.78, 5) is 0. The molecule has 12 aromatic carbocycles. The molecule has 2 aliphatic heterocycles. The zero-order chi connectivity index (χ0) is 58.7. The summed E-state index contributed by atoms with van der Waals surface area (Å²) in [6.07, 6.45) is 0. The van der Waals surface area contributed by atoms with Crippen molar-refractivity contribution < 1.29 is 19.5 Å². The highest BCUT2D eigenvalue weighted by Crippen LogP contribution is 2.66. The highest BCUT2D eigenvalue weighted by atomic mass is 79.9. The molecule has 12 aromatic rings. The molecule has 0 saturated carbocycles. The van der Waals surface area contributed by atoms with Crippen LogP contribution in [0.1, 0.15) is 55.6 Å². The molecule has 0 bridgehead atoms. The molecule has 4 aliphatic rings. The van der Waals surface area contributed by atoms with Gasteiger partial charge in [0.2, 0.25) is 0 Å². The lowest BCUT2D eigenvalue weighted by molar-refractivity contribution is 0.425. The van der Waals surface area contributed by atoms with Gasteiger partial charge in [-0.3, -0.25) is 0 Å². The molecule has 0 saturated heterocycles. The maximum atomic E-state index is 9.15. The van der Waals surface area contributed by atoms with Gasteiger partial charge in [0.05, 0.1) is 48.6 Å². The molecule has 2 heterocycles. The number of benzene rings is 12. The Balaban J connectivity index is 0.000000125. The zero-order valence-corrected chi connectivity index (χ0v) is 48.8. The van der Waals surface area contributed by atoms with Crippen molar-refractivity contribution in [3.05, 3.63) is 337 Å². The van der Waals surface area contributed by atoms with Gasteiger partial charge < -0.3 is 19.5 Å². The molecule has 0 amide bonds. The lowest BCUT2D eigenvalue weighted by Gasteiger charge is -2.40. The van der Waals surface area contributed by atoms with Crippen molar-refractivity contribution in [1.82, 2.24) is 0 Å². The van der Waals surface area contributed by atoms with Crippen molar-refractivity contribution >= 4 is 51.7 Å². The molecule has 0 aromatic heterocycles. The van der Waals surface area contributed by atoms with Gasteiger partial charge in [-0.2, -0.15) is 10.5 Å². The Kier molecular flexibility index (Phi) is 13.9. The normalized spacial score (nSPS) is 13.1. The van der Waals surface area contributed by atoms with Crippen molar-refractivity contribution in [2.24, 2.45) is 0 Å². The average Bonchev–Trinajstić information content (AvgIpc) is 1.68. The van der Waals surface area contributed by atoms with Crippen LogP contribution in [0.5, 0.6) is 23.0 Å². The molecule has 6 nitrogen and oxygen atoms in total. The van der Waals surface area contributed by atoms with Crippen LogP contribution in [0.25, 0.3) is 55.6 Å². The standard InChI is InChI=1S/C38H22ClNO.C25H14BrClO.C13H10BNO2/c39-35-14-6-13-34-37(35)41-36-28(27-21-19-26(20-22-27)25-17-15-24(23-40)16-18-25)9-5-12-33(36)38(34)31-10-3-1-7-29(31)30-8-2-4-11-32(30)38;26-21-13-5-11-19-23(21)28-24-20(12-6-14-22(24)27)25(19)17-9-3-1-7-15(17)16-8-2-4-10-18(16)25;15-9-10-1-3-11(4-2-10)12-5-7-13(8-6-12)14(16)17/h1-22H;1-14H;1-8,16-17H. The molecular formula is C76H46BBrCl2N2O4. The van der Waals surface area contributed by atoms with E-state index in [9.17, 15) is 0 Å². The minimum atomic E-state index is -1.44. The number of fused-ring (bicyclic) bond motifs is 18. The fourth-order valence-corrected chi connectivity index (χ4v) is 14.1. The molecule has 16 rings (SSSR count). The quantitative estimate of drug-likeness (QED) is 0.170. The van der Waals surface area contributed by atoms with E-state index in [4.69, 9.17) is 53.2 Å². The van der Waals surface area contributed by atoms with Crippen molar-refractivity contribution in [2.75, 3.05) is 0 Å². The first-order valence-electron chi connectivity index (χ1n) is 28.0. The summed E-state index contributed by atoms with van der Waals surface area (Å²) >= 11 is 17.2. The number of nitriles is 2. The van der Waals surface area contributed by atoms with Crippen molar-refractivity contribution in [2.45, 2.75) is 10.8 Å². The Morgan fingerprint density at radius 1 is 0.326 bits per heavy atom. The number of nitrogens with zero attached hydrogens (tertiary/aromatic N) is 2. The van der Waals surface area contributed by atoms with E-state index in [1.807, 2.05) is 78.9 Å². The second-order valence-corrected chi connectivity index (χ2v) is 23.0. The predicted molar refractivity (Wildman–Crippen MR) is 347 cm³/mol. The summed E-state index contributed by atoms with van der Waals surface area (Å²) in [6.45, 7) is 0. The van der Waals surface area contributed by atoms with Gasteiger partial charge in [0.1, 0.15) is 11.5 Å². The fourth-order valence-electron chi connectivity index (χ4n) is 13.2. The third-order valence-corrected chi connectivity index (χ3v) is 18.2. The minimum Gasteiger partial charge on any atom is -0.454 e. The van der Waals surface area contributed by atoms with Crippen LogP contribution in [0.15, 0.2) is 271 Å². The summed E-state index contributed by atoms with van der Waals surface area (Å²) < 4.78 is 14.1. The third-order valence-electron chi connectivity index (χ3n) is 16.9. The van der Waals surface area contributed by atoms with E-state index in [0.29, 0.717) is 32.4 Å². The molecule has 0 radical (unpaired) electrons. The van der Waals surface area contributed by atoms with Crippen LogP contribution in [0.3, 0.4) is 0 Å². The van der Waals surface area contributed by atoms with Gasteiger partial charge in [0.25, 0.3) is 0 Å². The average molecular weight is 1210 g/mol. The summed E-state index contributed by atoms with van der Waals surface area (Å²) in [5.74, 6) is 3.09. The lowest BCUT2D eigenvalue weighted by atomic mass is 9.65. The second kappa shape index (κ2) is 22.0. The first kappa shape index (κ1) is 54.2. The van der Waals surface area contributed by atoms with Gasteiger partial charge in [0, 0.05) is 27.8 Å². The van der Waals surface area contributed by atoms with Crippen LogP contribution in [0, 0.1) is 22.7 Å². The maximum absolute atomic E-state index is 9.15. The Bertz CT molecular complexity index is 4600. The van der Waals surface area contributed by atoms with Crippen LogP contribution in [-0.4, -0.2) is 17.2 Å². The van der Waals surface area contributed by atoms with Gasteiger partial charge in [-0.15, -0.1) is 0 Å². The third kappa shape index (κ3) is 8.68. The Morgan fingerprint density at radius 2 is 0.628 bits per heavy atom. The van der Waals surface area contributed by atoms with Gasteiger partial charge >= 0.3 is 7.12 Å². The molecule has 408 valence electrons. The van der Waals surface area contributed by atoms with Crippen molar-refractivity contribution in [3.8, 4) is 90.8 Å². The largest absolute Gasteiger partial charge is 0.488 e. The van der Waals surface area contributed by atoms with Gasteiger partial charge in [-0.25, -0.2) is 0 Å².